The maximum absolute atomic E-state index is 6.09. The molecular formula is C17H19ClN4. The van der Waals surface area contributed by atoms with Crippen LogP contribution in [-0.4, -0.2) is 29.6 Å². The summed E-state index contributed by atoms with van der Waals surface area (Å²) in [6, 6.07) is 5.57. The highest BCUT2D eigenvalue weighted by atomic mass is 35.5. The van der Waals surface area contributed by atoms with Gasteiger partial charge in [-0.05, 0) is 18.2 Å². The predicted molar refractivity (Wildman–Crippen MR) is 95.8 cm³/mol. The van der Waals surface area contributed by atoms with Gasteiger partial charge in [0.2, 0.25) is 5.95 Å². The molecule has 1 N–H and O–H groups in total. The molecule has 0 amide bonds. The summed E-state index contributed by atoms with van der Waals surface area (Å²) in [5.41, 5.74) is 0.832. The lowest BCUT2D eigenvalue weighted by Gasteiger charge is -2.20. The molecule has 0 saturated heterocycles. The lowest BCUT2D eigenvalue weighted by molar-refractivity contribution is 0.898. The van der Waals surface area contributed by atoms with Crippen molar-refractivity contribution in [1.82, 2.24) is 9.97 Å². The van der Waals surface area contributed by atoms with E-state index in [1.165, 1.54) is 0 Å². The van der Waals surface area contributed by atoms with Gasteiger partial charge in [0, 0.05) is 30.0 Å². The fourth-order valence-corrected chi connectivity index (χ4v) is 2.26. The smallest absolute Gasteiger partial charge is 0.228 e. The molecule has 0 aliphatic rings. The Balaban J connectivity index is 2.55. The van der Waals surface area contributed by atoms with Crippen LogP contribution < -0.4 is 10.2 Å². The lowest BCUT2D eigenvalue weighted by Crippen LogP contribution is -2.25. The Labute approximate surface area is 135 Å². The fourth-order valence-electron chi connectivity index (χ4n) is 2.08. The number of benzene rings is 1. The van der Waals surface area contributed by atoms with Gasteiger partial charge in [-0.3, -0.25) is 0 Å². The minimum Gasteiger partial charge on any atom is -0.366 e. The average molecular weight is 315 g/mol. The van der Waals surface area contributed by atoms with Crippen LogP contribution in [-0.2, 0) is 0 Å². The van der Waals surface area contributed by atoms with Crippen LogP contribution >= 0.6 is 11.6 Å². The van der Waals surface area contributed by atoms with Gasteiger partial charge < -0.3 is 10.2 Å². The molecule has 0 atom stereocenters. The van der Waals surface area contributed by atoms with Crippen LogP contribution in [0.2, 0.25) is 5.02 Å². The molecule has 0 saturated carbocycles. The van der Waals surface area contributed by atoms with Crippen molar-refractivity contribution in [2.24, 2.45) is 0 Å². The summed E-state index contributed by atoms with van der Waals surface area (Å²) >= 11 is 6.09. The monoisotopic (exact) mass is 314 g/mol. The molecule has 1 aromatic heterocycles. The van der Waals surface area contributed by atoms with Crippen LogP contribution in [0.4, 0.5) is 11.8 Å². The lowest BCUT2D eigenvalue weighted by atomic mass is 10.2. The molecule has 4 nitrogen and oxygen atoms in total. The van der Waals surface area contributed by atoms with E-state index in [2.05, 4.69) is 35.0 Å². The zero-order valence-corrected chi connectivity index (χ0v) is 13.2. The Morgan fingerprint density at radius 3 is 2.45 bits per heavy atom. The standard InChI is InChI=1S/C17H19ClN4/c1-4-9-19-16-14-12-13(18)7-8-15(14)20-17(21-16)22(10-5-2)11-6-3/h4-8,12H,1-3,9-11H2,(H,19,20,21). The third-order valence-electron chi connectivity index (χ3n) is 3.04. The second kappa shape index (κ2) is 7.61. The Hall–Kier alpha value is -2.33. The highest BCUT2D eigenvalue weighted by Crippen LogP contribution is 2.26. The minimum absolute atomic E-state index is 0.612. The van der Waals surface area contributed by atoms with Crippen LogP contribution in [0.3, 0.4) is 0 Å². The van der Waals surface area contributed by atoms with Crippen molar-refractivity contribution in [3.63, 3.8) is 0 Å². The van der Waals surface area contributed by atoms with Crippen molar-refractivity contribution in [2.45, 2.75) is 0 Å². The number of hydrogen-bond acceptors (Lipinski definition) is 4. The van der Waals surface area contributed by atoms with Crippen molar-refractivity contribution in [3.8, 4) is 0 Å². The van der Waals surface area contributed by atoms with Crippen molar-refractivity contribution < 1.29 is 0 Å². The highest BCUT2D eigenvalue weighted by Gasteiger charge is 2.12. The number of nitrogens with one attached hydrogen (secondary N) is 1. The number of fused-ring (bicyclic) bond motifs is 1. The number of rotatable bonds is 8. The first-order chi connectivity index (χ1) is 10.7. The quantitative estimate of drug-likeness (QED) is 0.746. The molecule has 0 unspecified atom stereocenters. The van der Waals surface area contributed by atoms with E-state index in [4.69, 9.17) is 11.6 Å². The maximum atomic E-state index is 6.09. The van der Waals surface area contributed by atoms with E-state index in [1.54, 1.807) is 6.08 Å². The van der Waals surface area contributed by atoms with Gasteiger partial charge in [-0.1, -0.05) is 29.8 Å². The van der Waals surface area contributed by atoms with E-state index in [0.717, 1.165) is 16.7 Å². The third-order valence-corrected chi connectivity index (χ3v) is 3.28. The summed E-state index contributed by atoms with van der Waals surface area (Å²) in [6.45, 7) is 13.2. The molecule has 0 bridgehead atoms. The van der Waals surface area contributed by atoms with Gasteiger partial charge in [0.1, 0.15) is 5.82 Å². The first-order valence-corrected chi connectivity index (χ1v) is 7.36. The zero-order chi connectivity index (χ0) is 15.9. The number of halogens is 1. The molecule has 1 heterocycles. The van der Waals surface area contributed by atoms with Gasteiger partial charge in [0.25, 0.3) is 0 Å². The molecule has 0 spiro atoms. The number of hydrogen-bond donors (Lipinski definition) is 1. The molecule has 0 fully saturated rings. The van der Waals surface area contributed by atoms with Gasteiger partial charge in [-0.25, -0.2) is 4.98 Å². The predicted octanol–water partition coefficient (Wildman–Crippen LogP) is 4.06. The molecule has 0 radical (unpaired) electrons. The Morgan fingerprint density at radius 2 is 1.82 bits per heavy atom. The largest absolute Gasteiger partial charge is 0.366 e. The first kappa shape index (κ1) is 16.0. The summed E-state index contributed by atoms with van der Waals surface area (Å²) in [5.74, 6) is 1.36. The van der Waals surface area contributed by atoms with E-state index < -0.39 is 0 Å². The SMILES string of the molecule is C=CCNc1nc(N(CC=C)CC=C)nc2ccc(Cl)cc12. The Kier molecular flexibility index (Phi) is 5.55. The topological polar surface area (TPSA) is 41.1 Å². The minimum atomic E-state index is 0.612. The van der Waals surface area contributed by atoms with Crippen molar-refractivity contribution in [1.29, 1.82) is 0 Å². The average Bonchev–Trinajstić information content (AvgIpc) is 2.52. The van der Waals surface area contributed by atoms with E-state index in [1.807, 2.05) is 35.3 Å². The van der Waals surface area contributed by atoms with E-state index in [-0.39, 0.29) is 0 Å². The highest BCUT2D eigenvalue weighted by molar-refractivity contribution is 6.31. The van der Waals surface area contributed by atoms with Crippen LogP contribution in [0.15, 0.2) is 56.2 Å². The van der Waals surface area contributed by atoms with E-state index >= 15 is 0 Å². The molecule has 2 aromatic rings. The van der Waals surface area contributed by atoms with Gasteiger partial charge >= 0.3 is 0 Å². The summed E-state index contributed by atoms with van der Waals surface area (Å²) in [4.78, 5) is 11.2. The molecule has 1 aromatic carbocycles. The van der Waals surface area contributed by atoms with Crippen LogP contribution in [0.1, 0.15) is 0 Å². The second-order valence-corrected chi connectivity index (χ2v) is 5.12. The molecule has 5 heteroatoms. The van der Waals surface area contributed by atoms with Crippen molar-refractivity contribution in [3.05, 3.63) is 61.2 Å². The van der Waals surface area contributed by atoms with Gasteiger partial charge in [-0.2, -0.15) is 4.98 Å². The third kappa shape index (κ3) is 3.65. The Morgan fingerprint density at radius 1 is 1.09 bits per heavy atom. The number of anilines is 2. The van der Waals surface area contributed by atoms with E-state index in [9.17, 15) is 0 Å². The molecule has 0 aliphatic heterocycles. The molecule has 2 rings (SSSR count). The molecule has 0 aliphatic carbocycles. The van der Waals surface area contributed by atoms with Crippen molar-refractivity contribution in [2.75, 3.05) is 29.9 Å². The van der Waals surface area contributed by atoms with Crippen LogP contribution in [0.25, 0.3) is 10.9 Å². The van der Waals surface area contributed by atoms with E-state index in [0.29, 0.717) is 30.6 Å². The normalized spacial score (nSPS) is 10.2. The molecule has 22 heavy (non-hydrogen) atoms. The number of nitrogens with zero attached hydrogens (tertiary/aromatic N) is 3. The van der Waals surface area contributed by atoms with Gasteiger partial charge in [-0.15, -0.1) is 19.7 Å². The zero-order valence-electron chi connectivity index (χ0n) is 12.4. The molecule has 114 valence electrons. The van der Waals surface area contributed by atoms with Crippen LogP contribution in [0, 0.1) is 0 Å². The Bertz CT molecular complexity index is 686. The maximum Gasteiger partial charge on any atom is 0.228 e. The first-order valence-electron chi connectivity index (χ1n) is 6.98. The summed E-state index contributed by atoms with van der Waals surface area (Å²) in [6.07, 6.45) is 5.41. The van der Waals surface area contributed by atoms with Crippen LogP contribution in [0.5, 0.6) is 0 Å². The summed E-state index contributed by atoms with van der Waals surface area (Å²) in [5, 5.41) is 4.77. The summed E-state index contributed by atoms with van der Waals surface area (Å²) < 4.78 is 0. The van der Waals surface area contributed by atoms with Gasteiger partial charge in [0.15, 0.2) is 0 Å². The summed E-state index contributed by atoms with van der Waals surface area (Å²) in [7, 11) is 0. The molecular weight excluding hydrogens is 296 g/mol. The van der Waals surface area contributed by atoms with Crippen molar-refractivity contribution >= 4 is 34.3 Å². The van der Waals surface area contributed by atoms with Gasteiger partial charge in [0.05, 0.1) is 5.52 Å². The fraction of sp³-hybridized carbons (Fsp3) is 0.176. The second-order valence-electron chi connectivity index (χ2n) is 4.69. The number of aromatic nitrogens is 2.